The number of likely N-dealkylation sites (tertiary alicyclic amines) is 3. The van der Waals surface area contributed by atoms with E-state index in [9.17, 15) is 18.4 Å². The van der Waals surface area contributed by atoms with Crippen molar-refractivity contribution < 1.29 is 18.4 Å². The average molecular weight is 530 g/mol. The zero-order chi connectivity index (χ0) is 27.0. The maximum Gasteiger partial charge on any atom is 0.242 e. The fraction of sp³-hybridized carbons (Fsp3) is 0.375. The molecular formula is C32H33F2N3O2. The molecule has 3 aliphatic rings. The van der Waals surface area contributed by atoms with Crippen LogP contribution in [0, 0.1) is 17.0 Å². The summed E-state index contributed by atoms with van der Waals surface area (Å²) in [6.07, 6.45) is 2.59. The second-order valence-corrected chi connectivity index (χ2v) is 11.4. The number of amides is 2. The lowest BCUT2D eigenvalue weighted by Gasteiger charge is -2.54. The topological polar surface area (TPSA) is 43.9 Å². The van der Waals surface area contributed by atoms with Gasteiger partial charge < -0.3 is 9.80 Å². The Morgan fingerprint density at radius 3 is 1.87 bits per heavy atom. The Kier molecular flexibility index (Phi) is 6.71. The predicted octanol–water partition coefficient (Wildman–Crippen LogP) is 4.61. The Balaban J connectivity index is 1.09. The summed E-state index contributed by atoms with van der Waals surface area (Å²) in [5, 5.41) is 0. The van der Waals surface area contributed by atoms with Gasteiger partial charge in [-0.25, -0.2) is 8.78 Å². The number of piperidine rings is 1. The number of carbonyl (C=O) groups is 2. The lowest BCUT2D eigenvalue weighted by Crippen LogP contribution is -2.63. The molecule has 3 aromatic rings. The van der Waals surface area contributed by atoms with Crippen LogP contribution in [-0.4, -0.2) is 65.8 Å². The minimum absolute atomic E-state index is 0.0270. The van der Waals surface area contributed by atoms with Crippen molar-refractivity contribution in [3.8, 4) is 0 Å². The Morgan fingerprint density at radius 2 is 1.31 bits per heavy atom. The van der Waals surface area contributed by atoms with Crippen molar-refractivity contribution in [3.63, 3.8) is 0 Å². The molecule has 202 valence electrons. The van der Waals surface area contributed by atoms with Crippen LogP contribution in [0.5, 0.6) is 0 Å². The van der Waals surface area contributed by atoms with Crippen LogP contribution in [0.4, 0.5) is 8.78 Å². The van der Waals surface area contributed by atoms with Gasteiger partial charge in [0.15, 0.2) is 0 Å². The van der Waals surface area contributed by atoms with E-state index in [1.54, 1.807) is 29.2 Å². The van der Waals surface area contributed by atoms with E-state index < -0.39 is 5.41 Å². The Morgan fingerprint density at radius 1 is 0.744 bits per heavy atom. The van der Waals surface area contributed by atoms with Gasteiger partial charge in [-0.3, -0.25) is 14.5 Å². The molecule has 1 spiro atoms. The van der Waals surface area contributed by atoms with E-state index in [-0.39, 0.29) is 35.4 Å². The fourth-order valence-corrected chi connectivity index (χ4v) is 6.65. The lowest BCUT2D eigenvalue weighted by atomic mass is 9.72. The molecular weight excluding hydrogens is 496 g/mol. The van der Waals surface area contributed by atoms with Gasteiger partial charge >= 0.3 is 0 Å². The SMILES string of the molecule is O=C(CN1CCC(c2ccc(F)cc2)(c2ccc(F)cc2)C1=O)N1CC2(CCN(Cc3ccccc3)CC2)C1. The molecule has 5 nitrogen and oxygen atoms in total. The number of hydrogen-bond acceptors (Lipinski definition) is 3. The van der Waals surface area contributed by atoms with Crippen LogP contribution in [-0.2, 0) is 21.5 Å². The second-order valence-electron chi connectivity index (χ2n) is 11.4. The lowest BCUT2D eigenvalue weighted by molar-refractivity contribution is -0.151. The van der Waals surface area contributed by atoms with Crippen LogP contribution < -0.4 is 0 Å². The largest absolute Gasteiger partial charge is 0.340 e. The van der Waals surface area contributed by atoms with Crippen molar-refractivity contribution in [2.24, 2.45) is 5.41 Å². The molecule has 3 aromatic carbocycles. The first-order valence-electron chi connectivity index (χ1n) is 13.7. The number of nitrogens with zero attached hydrogens (tertiary/aromatic N) is 3. The summed E-state index contributed by atoms with van der Waals surface area (Å²) in [7, 11) is 0. The maximum atomic E-state index is 13.9. The molecule has 3 saturated heterocycles. The molecule has 3 heterocycles. The highest BCUT2D eigenvalue weighted by atomic mass is 19.1. The molecule has 7 heteroatoms. The number of halogens is 2. The van der Waals surface area contributed by atoms with Crippen molar-refractivity contribution in [3.05, 3.63) is 107 Å². The smallest absolute Gasteiger partial charge is 0.242 e. The summed E-state index contributed by atoms with van der Waals surface area (Å²) in [4.78, 5) is 33.1. The highest BCUT2D eigenvalue weighted by Crippen LogP contribution is 2.43. The van der Waals surface area contributed by atoms with Crippen molar-refractivity contribution in [2.75, 3.05) is 39.3 Å². The molecule has 0 atom stereocenters. The van der Waals surface area contributed by atoms with E-state index in [1.165, 1.54) is 29.8 Å². The maximum absolute atomic E-state index is 13.9. The van der Waals surface area contributed by atoms with Gasteiger partial charge in [-0.05, 0) is 73.3 Å². The molecule has 0 radical (unpaired) electrons. The van der Waals surface area contributed by atoms with Crippen LogP contribution in [0.3, 0.4) is 0 Å². The van der Waals surface area contributed by atoms with E-state index in [0.29, 0.717) is 24.1 Å². The minimum atomic E-state index is -1.07. The molecule has 3 fully saturated rings. The van der Waals surface area contributed by atoms with Gasteiger partial charge in [0, 0.05) is 31.6 Å². The minimum Gasteiger partial charge on any atom is -0.340 e. The van der Waals surface area contributed by atoms with Gasteiger partial charge in [0.2, 0.25) is 11.8 Å². The van der Waals surface area contributed by atoms with E-state index in [4.69, 9.17) is 0 Å². The van der Waals surface area contributed by atoms with Crippen LogP contribution in [0.25, 0.3) is 0 Å². The molecule has 0 saturated carbocycles. The first-order valence-corrected chi connectivity index (χ1v) is 13.7. The zero-order valence-electron chi connectivity index (χ0n) is 22.0. The van der Waals surface area contributed by atoms with Crippen molar-refractivity contribution >= 4 is 11.8 Å². The standard InChI is InChI=1S/C32H33F2N3O2/c33-27-10-6-25(7-11-27)32(26-8-12-28(34)13-9-26)16-19-36(30(32)39)21-29(38)37-22-31(23-37)14-17-35(18-15-31)20-24-4-2-1-3-5-24/h1-13H,14-23H2. The van der Waals surface area contributed by atoms with Gasteiger partial charge in [0.25, 0.3) is 0 Å². The first-order chi connectivity index (χ1) is 18.9. The molecule has 39 heavy (non-hydrogen) atoms. The third-order valence-corrected chi connectivity index (χ3v) is 8.98. The second kappa shape index (κ2) is 10.2. The first kappa shape index (κ1) is 25.7. The summed E-state index contributed by atoms with van der Waals surface area (Å²) in [5.74, 6) is -1.00. The molecule has 0 aromatic heterocycles. The molecule has 0 aliphatic carbocycles. The third-order valence-electron chi connectivity index (χ3n) is 8.98. The Bertz CT molecular complexity index is 1280. The highest BCUT2D eigenvalue weighted by Gasteiger charge is 2.51. The van der Waals surface area contributed by atoms with E-state index in [2.05, 4.69) is 29.2 Å². The Hall–Kier alpha value is -3.58. The summed E-state index contributed by atoms with van der Waals surface area (Å²) >= 11 is 0. The molecule has 0 N–H and O–H groups in total. The molecule has 6 rings (SSSR count). The van der Waals surface area contributed by atoms with Crippen LogP contribution in [0.2, 0.25) is 0 Å². The van der Waals surface area contributed by atoms with Crippen molar-refractivity contribution in [2.45, 2.75) is 31.2 Å². The van der Waals surface area contributed by atoms with E-state index >= 15 is 0 Å². The third kappa shape index (κ3) is 4.84. The summed E-state index contributed by atoms with van der Waals surface area (Å²) in [6, 6.07) is 22.3. The van der Waals surface area contributed by atoms with Gasteiger partial charge in [0.05, 0.1) is 6.54 Å². The van der Waals surface area contributed by atoms with Gasteiger partial charge in [-0.2, -0.15) is 0 Å². The quantitative estimate of drug-likeness (QED) is 0.469. The van der Waals surface area contributed by atoms with Crippen LogP contribution >= 0.6 is 0 Å². The monoisotopic (exact) mass is 529 g/mol. The zero-order valence-corrected chi connectivity index (χ0v) is 22.0. The number of hydrogen-bond donors (Lipinski definition) is 0. The van der Waals surface area contributed by atoms with Gasteiger partial charge in [0.1, 0.15) is 17.0 Å². The highest BCUT2D eigenvalue weighted by molar-refractivity contribution is 5.96. The molecule has 0 bridgehead atoms. The van der Waals surface area contributed by atoms with Crippen molar-refractivity contribution in [1.29, 1.82) is 0 Å². The summed E-state index contributed by atoms with van der Waals surface area (Å²) < 4.78 is 27.4. The number of carbonyl (C=O) groups excluding carboxylic acids is 2. The number of rotatable bonds is 6. The van der Waals surface area contributed by atoms with E-state index in [1.807, 2.05) is 11.0 Å². The normalized spacial score (nSPS) is 20.3. The predicted molar refractivity (Wildman–Crippen MR) is 145 cm³/mol. The fourth-order valence-electron chi connectivity index (χ4n) is 6.65. The van der Waals surface area contributed by atoms with Gasteiger partial charge in [-0.15, -0.1) is 0 Å². The van der Waals surface area contributed by atoms with Crippen LogP contribution in [0.1, 0.15) is 36.0 Å². The molecule has 0 unspecified atom stereocenters. The molecule has 3 aliphatic heterocycles. The van der Waals surface area contributed by atoms with E-state index in [0.717, 1.165) is 45.6 Å². The van der Waals surface area contributed by atoms with Crippen molar-refractivity contribution in [1.82, 2.24) is 14.7 Å². The Labute approximate surface area is 228 Å². The molecule has 2 amide bonds. The van der Waals surface area contributed by atoms with Crippen LogP contribution in [0.15, 0.2) is 78.9 Å². The van der Waals surface area contributed by atoms with Gasteiger partial charge in [-0.1, -0.05) is 54.6 Å². The summed E-state index contributed by atoms with van der Waals surface area (Å²) in [5.41, 5.74) is 1.75. The average Bonchev–Trinajstić information content (AvgIpc) is 3.25. The number of benzene rings is 3. The summed E-state index contributed by atoms with van der Waals surface area (Å²) in [6.45, 7) is 4.94.